The maximum absolute atomic E-state index is 6.92. The third-order valence-electron chi connectivity index (χ3n) is 16.8. The van der Waals surface area contributed by atoms with Crippen molar-refractivity contribution in [2.75, 3.05) is 0 Å². The smallest absolute Gasteiger partial charge is 0.164 e. The second-order valence-corrected chi connectivity index (χ2v) is 21.4. The van der Waals surface area contributed by atoms with Gasteiger partial charge in [0.05, 0.1) is 22.1 Å². The Morgan fingerprint density at radius 3 is 1.53 bits per heavy atom. The first-order chi connectivity index (χ1) is 41.1. The van der Waals surface area contributed by atoms with Crippen LogP contribution < -0.4 is 0 Å². The molecule has 0 radical (unpaired) electrons. The van der Waals surface area contributed by atoms with Crippen molar-refractivity contribution in [3.8, 4) is 67.8 Å². The van der Waals surface area contributed by atoms with Gasteiger partial charge >= 0.3 is 0 Å². The minimum Gasteiger partial charge on any atom is -0.456 e. The molecule has 18 rings (SSSR count). The number of hydrogen-bond donors (Lipinski definition) is 0. The van der Waals surface area contributed by atoms with Crippen molar-refractivity contribution in [3.05, 3.63) is 261 Å². The fourth-order valence-corrected chi connectivity index (χ4v) is 13.1. The minimum atomic E-state index is 0.532. The van der Waals surface area contributed by atoms with Gasteiger partial charge in [0.15, 0.2) is 17.5 Å². The number of benzene rings is 12. The van der Waals surface area contributed by atoms with Crippen LogP contribution >= 0.6 is 0 Å². The van der Waals surface area contributed by atoms with Gasteiger partial charge in [-0.3, -0.25) is 0 Å². The van der Waals surface area contributed by atoms with E-state index >= 15 is 0 Å². The van der Waals surface area contributed by atoms with Crippen molar-refractivity contribution >= 4 is 109 Å². The van der Waals surface area contributed by atoms with Crippen LogP contribution in [0.15, 0.2) is 274 Å². The molecule has 386 valence electrons. The molecule has 6 aromatic heterocycles. The van der Waals surface area contributed by atoms with Gasteiger partial charge in [-0.1, -0.05) is 164 Å². The first-order valence-corrected chi connectivity index (χ1v) is 27.9. The van der Waals surface area contributed by atoms with Gasteiger partial charge in [0.2, 0.25) is 0 Å². The molecular formula is C75H43N5O3. The van der Waals surface area contributed by atoms with Gasteiger partial charge in [-0.25, -0.2) is 15.0 Å². The summed E-state index contributed by atoms with van der Waals surface area (Å²) in [6.07, 6.45) is 0. The fourth-order valence-electron chi connectivity index (χ4n) is 13.1. The second-order valence-electron chi connectivity index (χ2n) is 21.4. The molecule has 6 heterocycles. The molecule has 0 spiro atoms. The largest absolute Gasteiger partial charge is 0.456 e. The third-order valence-corrected chi connectivity index (χ3v) is 16.8. The van der Waals surface area contributed by atoms with Crippen LogP contribution in [-0.4, -0.2) is 24.1 Å². The molecule has 0 saturated heterocycles. The number of aromatic nitrogens is 5. The normalized spacial score (nSPS) is 12.1. The lowest BCUT2D eigenvalue weighted by atomic mass is 9.95. The monoisotopic (exact) mass is 1060 g/mol. The van der Waals surface area contributed by atoms with Crippen LogP contribution in [-0.2, 0) is 0 Å². The Kier molecular flexibility index (Phi) is 9.64. The van der Waals surface area contributed by atoms with Crippen molar-refractivity contribution in [3.63, 3.8) is 0 Å². The highest BCUT2D eigenvalue weighted by Crippen LogP contribution is 2.45. The molecule has 0 atom stereocenters. The van der Waals surface area contributed by atoms with Crippen molar-refractivity contribution in [2.24, 2.45) is 0 Å². The highest BCUT2D eigenvalue weighted by Gasteiger charge is 2.23. The van der Waals surface area contributed by atoms with Crippen LogP contribution in [0.5, 0.6) is 0 Å². The van der Waals surface area contributed by atoms with E-state index in [9.17, 15) is 0 Å². The van der Waals surface area contributed by atoms with E-state index in [1.807, 2.05) is 42.5 Å². The molecule has 83 heavy (non-hydrogen) atoms. The Balaban J connectivity index is 0.756. The Hall–Kier alpha value is -11.4. The summed E-state index contributed by atoms with van der Waals surface area (Å²) in [6, 6.07) is 91.4. The lowest BCUT2D eigenvalue weighted by Crippen LogP contribution is -2.00. The molecule has 0 unspecified atom stereocenters. The Bertz CT molecular complexity index is 5650. The molecule has 8 heteroatoms. The summed E-state index contributed by atoms with van der Waals surface area (Å²) in [4.78, 5) is 15.7. The standard InChI is InChI=1S/C75H43N5O3/c1-3-16-44(17-4-1)73-76-74(47-32-36-55-59-43-49(35-39-65(59)82-69(55)42-47)80-61-27-10-7-20-52(61)53-21-8-11-28-62(53)80)78-75(77-73)57-26-15-30-67-71(57)60-41-45(34-38-66(60)81-67)50-23-14-31-68-70(50)56-25-13-24-51(72(56)83-68)46-33-37-64-58(40-46)54-22-9-12-29-63(54)79(64)48-18-5-2-6-19-48/h1-43H. The molecule has 0 amide bonds. The third kappa shape index (κ3) is 6.90. The molecule has 0 aliphatic heterocycles. The summed E-state index contributed by atoms with van der Waals surface area (Å²) in [7, 11) is 0. The maximum atomic E-state index is 6.92. The van der Waals surface area contributed by atoms with E-state index < -0.39 is 0 Å². The summed E-state index contributed by atoms with van der Waals surface area (Å²) >= 11 is 0. The molecule has 18 aromatic rings. The summed E-state index contributed by atoms with van der Waals surface area (Å²) < 4.78 is 24.9. The number of rotatable bonds is 7. The minimum absolute atomic E-state index is 0.532. The first kappa shape index (κ1) is 45.5. The van der Waals surface area contributed by atoms with Crippen LogP contribution in [0, 0.1) is 0 Å². The van der Waals surface area contributed by atoms with Crippen molar-refractivity contribution in [1.82, 2.24) is 24.1 Å². The van der Waals surface area contributed by atoms with E-state index in [0.29, 0.717) is 17.5 Å². The number of hydrogen-bond acceptors (Lipinski definition) is 6. The number of para-hydroxylation sites is 5. The van der Waals surface area contributed by atoms with Gasteiger partial charge in [0, 0.05) is 87.5 Å². The van der Waals surface area contributed by atoms with Gasteiger partial charge in [-0.15, -0.1) is 0 Å². The highest BCUT2D eigenvalue weighted by molar-refractivity contribution is 6.19. The Morgan fingerprint density at radius 2 is 0.759 bits per heavy atom. The molecule has 0 saturated carbocycles. The van der Waals surface area contributed by atoms with Crippen molar-refractivity contribution < 1.29 is 13.3 Å². The molecule has 8 nitrogen and oxygen atoms in total. The zero-order valence-electron chi connectivity index (χ0n) is 44.3. The number of furan rings is 3. The van der Waals surface area contributed by atoms with Crippen molar-refractivity contribution in [2.45, 2.75) is 0 Å². The lowest BCUT2D eigenvalue weighted by Gasteiger charge is -2.09. The van der Waals surface area contributed by atoms with Crippen molar-refractivity contribution in [1.29, 1.82) is 0 Å². The van der Waals surface area contributed by atoms with Crippen LogP contribution in [0.25, 0.3) is 177 Å². The number of fused-ring (bicyclic) bond motifs is 15. The topological polar surface area (TPSA) is 88.0 Å². The second kappa shape index (κ2) is 17.6. The van der Waals surface area contributed by atoms with Crippen LogP contribution in [0.2, 0.25) is 0 Å². The van der Waals surface area contributed by atoms with E-state index in [4.69, 9.17) is 28.2 Å². The van der Waals surface area contributed by atoms with Gasteiger partial charge in [0.25, 0.3) is 0 Å². The van der Waals surface area contributed by atoms with E-state index in [2.05, 4.69) is 228 Å². The summed E-state index contributed by atoms with van der Waals surface area (Å²) in [5, 5.41) is 10.9. The Labute approximate surface area is 473 Å². The van der Waals surface area contributed by atoms with Crippen LogP contribution in [0.3, 0.4) is 0 Å². The summed E-state index contributed by atoms with van der Waals surface area (Å²) in [6.45, 7) is 0. The highest BCUT2D eigenvalue weighted by atomic mass is 16.3. The Morgan fingerprint density at radius 1 is 0.241 bits per heavy atom. The maximum Gasteiger partial charge on any atom is 0.164 e. The van der Waals surface area contributed by atoms with Crippen LogP contribution in [0.4, 0.5) is 0 Å². The SMILES string of the molecule is c1ccc(-c2nc(-c3ccc4c(c3)oc3ccc(-n5c6ccccc6c6ccccc65)cc34)nc(-c3cccc4oc5ccc(-c6cccc7oc8c(-c9ccc%10c(c9)c9ccccc9n%10-c9ccccc9)cccc8c67)cc5c34)n2)cc1. The average molecular weight is 1060 g/mol. The molecule has 0 aliphatic carbocycles. The predicted octanol–water partition coefficient (Wildman–Crippen LogP) is 20.1. The molecule has 0 N–H and O–H groups in total. The zero-order valence-corrected chi connectivity index (χ0v) is 44.3. The quantitative estimate of drug-likeness (QED) is 0.158. The van der Waals surface area contributed by atoms with E-state index in [0.717, 1.165) is 133 Å². The molecule has 0 bridgehead atoms. The van der Waals surface area contributed by atoms with E-state index in [1.165, 1.54) is 27.1 Å². The molecule has 0 aliphatic rings. The summed E-state index contributed by atoms with van der Waals surface area (Å²) in [5.41, 5.74) is 18.3. The molecule has 0 fully saturated rings. The van der Waals surface area contributed by atoms with Gasteiger partial charge < -0.3 is 22.4 Å². The van der Waals surface area contributed by atoms with E-state index in [-0.39, 0.29) is 0 Å². The van der Waals surface area contributed by atoms with E-state index in [1.54, 1.807) is 0 Å². The van der Waals surface area contributed by atoms with Gasteiger partial charge in [-0.05, 0) is 114 Å². The van der Waals surface area contributed by atoms with Gasteiger partial charge in [-0.2, -0.15) is 0 Å². The molecular weight excluding hydrogens is 1020 g/mol. The molecule has 12 aromatic carbocycles. The predicted molar refractivity (Wildman–Crippen MR) is 338 cm³/mol. The fraction of sp³-hybridized carbons (Fsp3) is 0. The first-order valence-electron chi connectivity index (χ1n) is 27.9. The number of nitrogens with zero attached hydrogens (tertiary/aromatic N) is 5. The average Bonchev–Trinajstić information content (AvgIpc) is 2.57. The lowest BCUT2D eigenvalue weighted by molar-refractivity contribution is 0.668. The summed E-state index contributed by atoms with van der Waals surface area (Å²) in [5.74, 6) is 1.63. The van der Waals surface area contributed by atoms with Gasteiger partial charge in [0.1, 0.15) is 33.5 Å². The zero-order chi connectivity index (χ0) is 54.3. The van der Waals surface area contributed by atoms with Crippen LogP contribution in [0.1, 0.15) is 0 Å².